The summed E-state index contributed by atoms with van der Waals surface area (Å²) >= 11 is 5.07. The number of ether oxygens (including phenoxy) is 1. The van der Waals surface area contributed by atoms with E-state index in [4.69, 9.17) is 28.4 Å². The molecule has 0 atom stereocenters. The van der Waals surface area contributed by atoms with Gasteiger partial charge in [0.05, 0.1) is 12.8 Å². The molecule has 5 N–H and O–H groups in total. The number of H-pyrrole nitrogens is 1. The van der Waals surface area contributed by atoms with Crippen LogP contribution in [0.2, 0.25) is 0 Å². The van der Waals surface area contributed by atoms with Gasteiger partial charge in [-0.2, -0.15) is 0 Å². The van der Waals surface area contributed by atoms with Crippen molar-refractivity contribution in [2.24, 2.45) is 0 Å². The molecule has 0 unspecified atom stereocenters. The number of anilines is 2. The highest BCUT2D eigenvalue weighted by molar-refractivity contribution is 7.71. The van der Waals surface area contributed by atoms with E-state index in [1.54, 1.807) is 31.4 Å². The number of rotatable bonds is 2. The molecule has 0 spiro atoms. The smallest absolute Gasteiger partial charge is 0.277 e. The zero-order valence-corrected chi connectivity index (χ0v) is 10.5. The molecule has 0 saturated carbocycles. The number of nitrogens with two attached hydrogens (primary N) is 2. The van der Waals surface area contributed by atoms with Crippen molar-refractivity contribution in [1.82, 2.24) is 9.55 Å². The van der Waals surface area contributed by atoms with Crippen LogP contribution in [0.1, 0.15) is 0 Å². The number of nitrogens with one attached hydrogen (secondary N) is 1. The van der Waals surface area contributed by atoms with Crippen molar-refractivity contribution in [1.29, 1.82) is 0 Å². The Morgan fingerprint density at radius 3 is 2.44 bits per heavy atom. The second-order valence-corrected chi connectivity index (χ2v) is 3.98. The van der Waals surface area contributed by atoms with Gasteiger partial charge in [-0.05, 0) is 36.5 Å². The summed E-state index contributed by atoms with van der Waals surface area (Å²) in [6.45, 7) is 0. The Labute approximate surface area is 108 Å². The number of aromatic amines is 1. The third kappa shape index (κ3) is 1.95. The predicted molar refractivity (Wildman–Crippen MR) is 72.6 cm³/mol. The Kier molecular flexibility index (Phi) is 3.07. The monoisotopic (exact) mass is 264 g/mol. The van der Waals surface area contributed by atoms with Gasteiger partial charge in [0.2, 0.25) is 0 Å². The SMILES string of the molecule is COc1ccc(-n2c(N)c(N)c(=O)[nH]c2=S)cc1. The Morgan fingerprint density at radius 1 is 1.28 bits per heavy atom. The molecule has 1 heterocycles. The van der Waals surface area contributed by atoms with E-state index < -0.39 is 5.56 Å². The molecular formula is C11H12N4O2S. The highest BCUT2D eigenvalue weighted by Crippen LogP contribution is 2.19. The molecule has 0 aliphatic heterocycles. The van der Waals surface area contributed by atoms with Crippen molar-refractivity contribution in [3.05, 3.63) is 39.4 Å². The van der Waals surface area contributed by atoms with E-state index in [-0.39, 0.29) is 16.3 Å². The van der Waals surface area contributed by atoms with Crippen LogP contribution in [0.3, 0.4) is 0 Å². The van der Waals surface area contributed by atoms with Crippen LogP contribution in [0.15, 0.2) is 29.1 Å². The molecule has 7 heteroatoms. The van der Waals surface area contributed by atoms with Crippen LogP contribution in [0.5, 0.6) is 5.75 Å². The largest absolute Gasteiger partial charge is 0.497 e. The molecule has 1 aromatic heterocycles. The summed E-state index contributed by atoms with van der Waals surface area (Å²) in [7, 11) is 1.58. The average molecular weight is 264 g/mol. The Balaban J connectivity index is 2.67. The van der Waals surface area contributed by atoms with Crippen molar-refractivity contribution in [2.45, 2.75) is 0 Å². The van der Waals surface area contributed by atoms with Gasteiger partial charge in [-0.1, -0.05) is 0 Å². The summed E-state index contributed by atoms with van der Waals surface area (Å²) in [5.74, 6) is 0.829. The van der Waals surface area contributed by atoms with Gasteiger partial charge in [0.1, 0.15) is 17.3 Å². The second-order valence-electron chi connectivity index (χ2n) is 3.59. The molecule has 0 saturated heterocycles. The molecular weight excluding hydrogens is 252 g/mol. The number of nitrogens with zero attached hydrogens (tertiary/aromatic N) is 1. The first-order valence-electron chi connectivity index (χ1n) is 5.09. The highest BCUT2D eigenvalue weighted by Gasteiger charge is 2.08. The summed E-state index contributed by atoms with van der Waals surface area (Å²) in [5.41, 5.74) is 11.5. The molecule has 18 heavy (non-hydrogen) atoms. The number of nitrogen functional groups attached to an aromatic ring is 2. The van der Waals surface area contributed by atoms with E-state index in [0.29, 0.717) is 11.4 Å². The van der Waals surface area contributed by atoms with E-state index in [2.05, 4.69) is 4.98 Å². The number of hydrogen-bond donors (Lipinski definition) is 3. The van der Waals surface area contributed by atoms with Gasteiger partial charge < -0.3 is 16.2 Å². The van der Waals surface area contributed by atoms with Crippen molar-refractivity contribution in [3.63, 3.8) is 0 Å². The molecule has 0 amide bonds. The zero-order chi connectivity index (χ0) is 13.3. The minimum Gasteiger partial charge on any atom is -0.497 e. The summed E-state index contributed by atoms with van der Waals surface area (Å²) in [6, 6.07) is 7.06. The third-order valence-corrected chi connectivity index (χ3v) is 2.80. The standard InChI is InChI=1S/C11H12N4O2S/c1-17-7-4-2-6(3-5-7)15-9(13)8(12)10(16)14-11(15)18/h2-5H,12-13H2,1H3,(H,14,16,18). The van der Waals surface area contributed by atoms with Crippen molar-refractivity contribution < 1.29 is 4.74 Å². The fourth-order valence-corrected chi connectivity index (χ4v) is 1.85. The van der Waals surface area contributed by atoms with E-state index in [9.17, 15) is 4.79 Å². The molecule has 0 radical (unpaired) electrons. The first-order valence-corrected chi connectivity index (χ1v) is 5.50. The van der Waals surface area contributed by atoms with Gasteiger partial charge >= 0.3 is 0 Å². The molecule has 0 aliphatic rings. The lowest BCUT2D eigenvalue weighted by molar-refractivity contribution is 0.414. The Morgan fingerprint density at radius 2 is 1.89 bits per heavy atom. The normalized spacial score (nSPS) is 10.3. The van der Waals surface area contributed by atoms with Crippen LogP contribution in [0.4, 0.5) is 11.5 Å². The minimum atomic E-state index is -0.484. The Bertz CT molecular complexity index is 688. The highest BCUT2D eigenvalue weighted by atomic mass is 32.1. The molecule has 94 valence electrons. The van der Waals surface area contributed by atoms with Crippen LogP contribution >= 0.6 is 12.2 Å². The summed E-state index contributed by atoms with van der Waals surface area (Å²) in [4.78, 5) is 13.8. The maximum absolute atomic E-state index is 11.4. The molecule has 6 nitrogen and oxygen atoms in total. The summed E-state index contributed by atoms with van der Waals surface area (Å²) in [6.07, 6.45) is 0. The number of aromatic nitrogens is 2. The van der Waals surface area contributed by atoms with Crippen LogP contribution < -0.4 is 21.8 Å². The molecule has 0 aliphatic carbocycles. The lowest BCUT2D eigenvalue weighted by Gasteiger charge is -2.12. The topological polar surface area (TPSA) is 99.1 Å². The fourth-order valence-electron chi connectivity index (χ4n) is 1.55. The molecule has 2 rings (SSSR count). The predicted octanol–water partition coefficient (Wildman–Crippen LogP) is 1.07. The summed E-state index contributed by atoms with van der Waals surface area (Å²) in [5, 5.41) is 0. The maximum atomic E-state index is 11.4. The van der Waals surface area contributed by atoms with Gasteiger partial charge in [-0.3, -0.25) is 14.3 Å². The lowest BCUT2D eigenvalue weighted by atomic mass is 10.3. The minimum absolute atomic E-state index is 0.0561. The van der Waals surface area contributed by atoms with Gasteiger partial charge in [-0.15, -0.1) is 0 Å². The van der Waals surface area contributed by atoms with Gasteiger partial charge in [0, 0.05) is 0 Å². The van der Waals surface area contributed by atoms with Crippen LogP contribution in [-0.2, 0) is 0 Å². The van der Waals surface area contributed by atoms with E-state index in [0.717, 1.165) is 0 Å². The van der Waals surface area contributed by atoms with Crippen LogP contribution in [-0.4, -0.2) is 16.7 Å². The fraction of sp³-hybridized carbons (Fsp3) is 0.0909. The van der Waals surface area contributed by atoms with E-state index in [1.165, 1.54) is 4.57 Å². The van der Waals surface area contributed by atoms with Crippen molar-refractivity contribution >= 4 is 23.7 Å². The van der Waals surface area contributed by atoms with Gasteiger partial charge in [0.15, 0.2) is 4.77 Å². The number of hydrogen-bond acceptors (Lipinski definition) is 5. The van der Waals surface area contributed by atoms with Gasteiger partial charge in [-0.25, -0.2) is 0 Å². The van der Waals surface area contributed by atoms with E-state index >= 15 is 0 Å². The second kappa shape index (κ2) is 4.53. The maximum Gasteiger partial charge on any atom is 0.277 e. The zero-order valence-electron chi connectivity index (χ0n) is 9.64. The number of benzene rings is 1. The molecule has 1 aromatic carbocycles. The molecule has 2 aromatic rings. The Hall–Kier alpha value is -2.28. The molecule has 0 bridgehead atoms. The van der Waals surface area contributed by atoms with Crippen molar-refractivity contribution in [3.8, 4) is 11.4 Å². The first kappa shape index (κ1) is 12.2. The van der Waals surface area contributed by atoms with Gasteiger partial charge in [0.25, 0.3) is 5.56 Å². The third-order valence-electron chi connectivity index (χ3n) is 2.52. The average Bonchev–Trinajstić information content (AvgIpc) is 2.37. The quantitative estimate of drug-likeness (QED) is 0.705. The van der Waals surface area contributed by atoms with Crippen molar-refractivity contribution in [2.75, 3.05) is 18.6 Å². The van der Waals surface area contributed by atoms with Crippen LogP contribution in [0.25, 0.3) is 5.69 Å². The van der Waals surface area contributed by atoms with E-state index in [1.807, 2.05) is 0 Å². The van der Waals surface area contributed by atoms with Crippen LogP contribution in [0, 0.1) is 4.77 Å². The lowest BCUT2D eigenvalue weighted by Crippen LogP contribution is -2.20. The first-order chi connectivity index (χ1) is 8.54. The number of methoxy groups -OCH3 is 1. The summed E-state index contributed by atoms with van der Waals surface area (Å²) < 4.78 is 6.74. The molecule has 0 fully saturated rings.